The molecule has 2 unspecified atom stereocenters. The number of carboxylic acid groups (broad SMARTS) is 1. The molecule has 0 amide bonds. The Bertz CT molecular complexity index is 531. The van der Waals surface area contributed by atoms with Crippen LogP contribution in [-0.4, -0.2) is 35.3 Å². The van der Waals surface area contributed by atoms with Crippen molar-refractivity contribution in [1.29, 1.82) is 0 Å². The number of carbonyl (C=O) groups is 1. The number of anilines is 1. The van der Waals surface area contributed by atoms with E-state index in [1.807, 2.05) is 0 Å². The Morgan fingerprint density at radius 1 is 1.50 bits per heavy atom. The number of methoxy groups -OCH3 is 1. The molecule has 7 heteroatoms. The van der Waals surface area contributed by atoms with Gasteiger partial charge in [0.15, 0.2) is 0 Å². The summed E-state index contributed by atoms with van der Waals surface area (Å²) in [6, 6.07) is 4.21. The first-order chi connectivity index (χ1) is 9.54. The molecule has 0 aromatic heterocycles. The average Bonchev–Trinajstić information content (AvgIpc) is 2.85. The SMILES string of the molecule is COC1CCCC1Nc1cccc(C(=O)O)c1[N+](=O)[O-]. The summed E-state index contributed by atoms with van der Waals surface area (Å²) in [7, 11) is 1.60. The molecule has 2 N–H and O–H groups in total. The normalized spacial score (nSPS) is 21.6. The standard InChI is InChI=1S/C13H16N2O5/c1-20-11-7-3-5-9(11)14-10-6-2-4-8(13(16)17)12(10)15(18)19/h2,4,6,9,11,14H,3,5,7H2,1H3,(H,16,17). The van der Waals surface area contributed by atoms with Crippen molar-refractivity contribution in [2.24, 2.45) is 0 Å². The van der Waals surface area contributed by atoms with Crippen molar-refractivity contribution in [3.63, 3.8) is 0 Å². The molecule has 1 aromatic carbocycles. The lowest BCUT2D eigenvalue weighted by atomic mass is 10.1. The minimum atomic E-state index is -1.31. The number of rotatable bonds is 5. The maximum absolute atomic E-state index is 11.1. The van der Waals surface area contributed by atoms with Crippen molar-refractivity contribution in [1.82, 2.24) is 0 Å². The minimum Gasteiger partial charge on any atom is -0.477 e. The van der Waals surface area contributed by atoms with Crippen LogP contribution in [0.25, 0.3) is 0 Å². The van der Waals surface area contributed by atoms with Crippen LogP contribution in [0, 0.1) is 10.1 Å². The van der Waals surface area contributed by atoms with E-state index < -0.39 is 16.6 Å². The highest BCUT2D eigenvalue weighted by molar-refractivity contribution is 5.95. The van der Waals surface area contributed by atoms with E-state index in [4.69, 9.17) is 9.84 Å². The molecule has 0 radical (unpaired) electrons. The van der Waals surface area contributed by atoms with Crippen LogP contribution < -0.4 is 5.32 Å². The molecule has 108 valence electrons. The van der Waals surface area contributed by atoms with E-state index in [9.17, 15) is 14.9 Å². The van der Waals surface area contributed by atoms with Gasteiger partial charge < -0.3 is 15.2 Å². The Hall–Kier alpha value is -2.15. The van der Waals surface area contributed by atoms with Gasteiger partial charge in [-0.1, -0.05) is 6.07 Å². The lowest BCUT2D eigenvalue weighted by molar-refractivity contribution is -0.384. The number of nitrogens with one attached hydrogen (secondary N) is 1. The van der Waals surface area contributed by atoms with Gasteiger partial charge in [0.1, 0.15) is 11.3 Å². The molecule has 1 fully saturated rings. The summed E-state index contributed by atoms with van der Waals surface area (Å²) in [6.07, 6.45) is 2.69. The van der Waals surface area contributed by atoms with Gasteiger partial charge in [0.05, 0.1) is 17.1 Å². The molecule has 1 aliphatic rings. The van der Waals surface area contributed by atoms with Crippen LogP contribution in [0.1, 0.15) is 29.6 Å². The summed E-state index contributed by atoms with van der Waals surface area (Å²) in [4.78, 5) is 21.6. The summed E-state index contributed by atoms with van der Waals surface area (Å²) < 4.78 is 5.33. The molecule has 20 heavy (non-hydrogen) atoms. The second-order valence-electron chi connectivity index (χ2n) is 4.72. The number of hydrogen-bond donors (Lipinski definition) is 2. The maximum Gasteiger partial charge on any atom is 0.342 e. The number of ether oxygens (including phenoxy) is 1. The first-order valence-electron chi connectivity index (χ1n) is 6.34. The van der Waals surface area contributed by atoms with Gasteiger partial charge in [-0.15, -0.1) is 0 Å². The molecule has 1 saturated carbocycles. The highest BCUT2D eigenvalue weighted by Gasteiger charge is 2.31. The molecule has 0 heterocycles. The van der Waals surface area contributed by atoms with Gasteiger partial charge in [-0.2, -0.15) is 0 Å². The Morgan fingerprint density at radius 2 is 2.25 bits per heavy atom. The number of para-hydroxylation sites is 1. The third-order valence-electron chi connectivity index (χ3n) is 3.55. The van der Waals surface area contributed by atoms with Crippen molar-refractivity contribution in [3.05, 3.63) is 33.9 Å². The van der Waals surface area contributed by atoms with Crippen LogP contribution in [0.5, 0.6) is 0 Å². The van der Waals surface area contributed by atoms with Gasteiger partial charge in [-0.25, -0.2) is 4.79 Å². The largest absolute Gasteiger partial charge is 0.477 e. The minimum absolute atomic E-state index is 0.0110. The number of aromatic carboxylic acids is 1. The van der Waals surface area contributed by atoms with Gasteiger partial charge >= 0.3 is 11.7 Å². The molecular formula is C13H16N2O5. The number of carboxylic acids is 1. The van der Waals surface area contributed by atoms with Crippen molar-refractivity contribution in [3.8, 4) is 0 Å². The van der Waals surface area contributed by atoms with Crippen LogP contribution in [0.3, 0.4) is 0 Å². The average molecular weight is 280 g/mol. The summed E-state index contributed by atoms with van der Waals surface area (Å²) >= 11 is 0. The molecule has 2 atom stereocenters. The van der Waals surface area contributed by atoms with Crippen LogP contribution >= 0.6 is 0 Å². The summed E-state index contributed by atoms with van der Waals surface area (Å²) in [5.41, 5.74) is -0.488. The fourth-order valence-electron chi connectivity index (χ4n) is 2.60. The van der Waals surface area contributed by atoms with E-state index in [-0.39, 0.29) is 23.4 Å². The molecule has 1 aromatic rings. The predicted octanol–water partition coefficient (Wildman–Crippen LogP) is 2.27. The summed E-state index contributed by atoms with van der Waals surface area (Å²) in [5, 5.41) is 23.2. The highest BCUT2D eigenvalue weighted by atomic mass is 16.6. The van der Waals surface area contributed by atoms with E-state index in [1.165, 1.54) is 18.2 Å². The van der Waals surface area contributed by atoms with Crippen LogP contribution in [-0.2, 0) is 4.74 Å². The lowest BCUT2D eigenvalue weighted by Crippen LogP contribution is -2.30. The predicted molar refractivity (Wildman–Crippen MR) is 72.1 cm³/mol. The van der Waals surface area contributed by atoms with E-state index in [2.05, 4.69) is 5.32 Å². The van der Waals surface area contributed by atoms with Gasteiger partial charge in [-0.3, -0.25) is 10.1 Å². The second-order valence-corrected chi connectivity index (χ2v) is 4.72. The number of hydrogen-bond acceptors (Lipinski definition) is 5. The Balaban J connectivity index is 2.34. The number of nitro benzene ring substituents is 1. The number of nitrogens with zero attached hydrogens (tertiary/aromatic N) is 1. The molecule has 7 nitrogen and oxygen atoms in total. The molecule has 0 saturated heterocycles. The van der Waals surface area contributed by atoms with Crippen LogP contribution in [0.15, 0.2) is 18.2 Å². The molecule has 0 spiro atoms. The van der Waals surface area contributed by atoms with Gasteiger partial charge in [0.2, 0.25) is 0 Å². The first-order valence-corrected chi connectivity index (χ1v) is 6.34. The van der Waals surface area contributed by atoms with E-state index >= 15 is 0 Å². The third-order valence-corrected chi connectivity index (χ3v) is 3.55. The lowest BCUT2D eigenvalue weighted by Gasteiger charge is -2.20. The third kappa shape index (κ3) is 2.72. The molecule has 0 aliphatic heterocycles. The molecule has 2 rings (SSSR count). The van der Waals surface area contributed by atoms with Crippen molar-refractivity contribution in [2.75, 3.05) is 12.4 Å². The zero-order chi connectivity index (χ0) is 14.7. The fraction of sp³-hybridized carbons (Fsp3) is 0.462. The van der Waals surface area contributed by atoms with Crippen molar-refractivity contribution in [2.45, 2.75) is 31.4 Å². The number of benzene rings is 1. The van der Waals surface area contributed by atoms with Crippen LogP contribution in [0.4, 0.5) is 11.4 Å². The maximum atomic E-state index is 11.1. The Morgan fingerprint density at radius 3 is 2.85 bits per heavy atom. The Kier molecular flexibility index (Phi) is 4.19. The topological polar surface area (TPSA) is 102 Å². The Labute approximate surface area is 115 Å². The van der Waals surface area contributed by atoms with Crippen LogP contribution in [0.2, 0.25) is 0 Å². The van der Waals surface area contributed by atoms with Crippen molar-refractivity contribution < 1.29 is 19.6 Å². The summed E-state index contributed by atoms with van der Waals surface area (Å²) in [6.45, 7) is 0. The zero-order valence-corrected chi connectivity index (χ0v) is 11.0. The van der Waals surface area contributed by atoms with E-state index in [1.54, 1.807) is 7.11 Å². The van der Waals surface area contributed by atoms with Gasteiger partial charge in [0.25, 0.3) is 0 Å². The van der Waals surface area contributed by atoms with Gasteiger partial charge in [-0.05, 0) is 31.4 Å². The molecule has 1 aliphatic carbocycles. The van der Waals surface area contributed by atoms with E-state index in [0.29, 0.717) is 0 Å². The van der Waals surface area contributed by atoms with Gasteiger partial charge in [0, 0.05) is 7.11 Å². The first kappa shape index (κ1) is 14.3. The monoisotopic (exact) mass is 280 g/mol. The second kappa shape index (κ2) is 5.87. The van der Waals surface area contributed by atoms with Crippen molar-refractivity contribution >= 4 is 17.3 Å². The summed E-state index contributed by atoms with van der Waals surface area (Å²) in [5.74, 6) is -1.31. The quantitative estimate of drug-likeness (QED) is 0.633. The highest BCUT2D eigenvalue weighted by Crippen LogP contribution is 2.32. The fourth-order valence-corrected chi connectivity index (χ4v) is 2.60. The zero-order valence-electron chi connectivity index (χ0n) is 11.0. The smallest absolute Gasteiger partial charge is 0.342 e. The van der Waals surface area contributed by atoms with E-state index in [0.717, 1.165) is 19.3 Å². The number of nitro groups is 1. The molecule has 0 bridgehead atoms. The molecular weight excluding hydrogens is 264 g/mol.